The predicted molar refractivity (Wildman–Crippen MR) is 65.2 cm³/mol. The molecule has 0 atom stereocenters. The molecule has 0 saturated carbocycles. The minimum Gasteiger partial charge on any atom is -0.337 e. The van der Waals surface area contributed by atoms with Crippen molar-refractivity contribution in [2.24, 2.45) is 0 Å². The van der Waals surface area contributed by atoms with Crippen LogP contribution >= 0.6 is 0 Å². The van der Waals surface area contributed by atoms with Crippen molar-refractivity contribution in [3.63, 3.8) is 0 Å². The zero-order valence-corrected chi connectivity index (χ0v) is 9.85. The average Bonchev–Trinajstić information content (AvgIpc) is 2.97. The molecule has 1 aliphatic rings. The van der Waals surface area contributed by atoms with Gasteiger partial charge in [0, 0.05) is 24.0 Å². The molecule has 0 radical (unpaired) electrons. The van der Waals surface area contributed by atoms with E-state index in [1.807, 2.05) is 17.1 Å². The van der Waals surface area contributed by atoms with Gasteiger partial charge in [0.15, 0.2) is 0 Å². The van der Waals surface area contributed by atoms with Crippen LogP contribution in [0.4, 0.5) is 11.5 Å². The molecule has 1 N–H and O–H groups in total. The van der Waals surface area contributed by atoms with E-state index in [0.717, 1.165) is 30.9 Å². The van der Waals surface area contributed by atoms with Crippen molar-refractivity contribution >= 4 is 11.5 Å². The van der Waals surface area contributed by atoms with Gasteiger partial charge in [0.05, 0.1) is 11.9 Å². The second-order valence-corrected chi connectivity index (χ2v) is 4.21. The molecule has 2 aromatic heterocycles. The van der Waals surface area contributed by atoms with Gasteiger partial charge in [0.25, 0.3) is 0 Å². The number of nitrogens with zero attached hydrogens (tertiary/aromatic N) is 4. The fourth-order valence-electron chi connectivity index (χ4n) is 2.21. The molecule has 5 nitrogen and oxygen atoms in total. The summed E-state index contributed by atoms with van der Waals surface area (Å²) in [6, 6.07) is 0. The van der Waals surface area contributed by atoms with E-state index >= 15 is 0 Å². The van der Waals surface area contributed by atoms with Crippen LogP contribution in [0, 0.1) is 0 Å². The number of hydrogen-bond donors (Lipinski definition) is 1. The van der Waals surface area contributed by atoms with Crippen LogP contribution in [-0.4, -0.2) is 19.7 Å². The van der Waals surface area contributed by atoms with E-state index in [1.54, 1.807) is 6.33 Å². The SMILES string of the molecule is CCn1cc(Nc2ncnc3c2CCC3)cn1. The third kappa shape index (κ3) is 1.88. The molecule has 0 amide bonds. The van der Waals surface area contributed by atoms with Crippen molar-refractivity contribution in [3.05, 3.63) is 30.0 Å². The summed E-state index contributed by atoms with van der Waals surface area (Å²) < 4.78 is 1.89. The van der Waals surface area contributed by atoms with Gasteiger partial charge in [0.2, 0.25) is 0 Å². The van der Waals surface area contributed by atoms with Crippen molar-refractivity contribution < 1.29 is 0 Å². The molecule has 17 heavy (non-hydrogen) atoms. The molecule has 0 spiro atoms. The summed E-state index contributed by atoms with van der Waals surface area (Å²) in [5, 5.41) is 7.56. The van der Waals surface area contributed by atoms with Gasteiger partial charge in [-0.15, -0.1) is 0 Å². The summed E-state index contributed by atoms with van der Waals surface area (Å²) in [6.45, 7) is 2.95. The topological polar surface area (TPSA) is 55.6 Å². The summed E-state index contributed by atoms with van der Waals surface area (Å²) in [6.07, 6.45) is 8.77. The molecule has 1 aliphatic carbocycles. The van der Waals surface area contributed by atoms with Gasteiger partial charge >= 0.3 is 0 Å². The van der Waals surface area contributed by atoms with Crippen molar-refractivity contribution in [1.82, 2.24) is 19.7 Å². The van der Waals surface area contributed by atoms with Gasteiger partial charge in [-0.3, -0.25) is 4.68 Å². The number of aromatic nitrogens is 4. The Labute approximate surface area is 99.9 Å². The fourth-order valence-corrected chi connectivity index (χ4v) is 2.21. The highest BCUT2D eigenvalue weighted by molar-refractivity contribution is 5.59. The van der Waals surface area contributed by atoms with E-state index in [1.165, 1.54) is 17.7 Å². The number of nitrogens with one attached hydrogen (secondary N) is 1. The Kier molecular flexibility index (Phi) is 2.51. The Balaban J connectivity index is 1.88. The maximum Gasteiger partial charge on any atom is 0.137 e. The summed E-state index contributed by atoms with van der Waals surface area (Å²) in [5.41, 5.74) is 3.43. The lowest BCUT2D eigenvalue weighted by Gasteiger charge is -2.07. The molecule has 2 heterocycles. The van der Waals surface area contributed by atoms with Crippen LogP contribution in [0.15, 0.2) is 18.7 Å². The normalized spacial score (nSPS) is 13.7. The highest BCUT2D eigenvalue weighted by Crippen LogP contribution is 2.27. The summed E-state index contributed by atoms with van der Waals surface area (Å²) >= 11 is 0. The molecule has 0 fully saturated rings. The fraction of sp³-hybridized carbons (Fsp3) is 0.417. The van der Waals surface area contributed by atoms with E-state index in [9.17, 15) is 0 Å². The van der Waals surface area contributed by atoms with Crippen molar-refractivity contribution in [1.29, 1.82) is 0 Å². The van der Waals surface area contributed by atoms with Crippen molar-refractivity contribution in [2.75, 3.05) is 5.32 Å². The molecule has 2 aromatic rings. The standard InChI is InChI=1S/C12H15N5/c1-2-17-7-9(6-15-17)16-12-10-4-3-5-11(10)13-8-14-12/h6-8H,2-5H2,1H3,(H,13,14,16). The smallest absolute Gasteiger partial charge is 0.137 e. The minimum absolute atomic E-state index is 0.879. The van der Waals surface area contributed by atoms with Gasteiger partial charge in [-0.1, -0.05) is 0 Å². The van der Waals surface area contributed by atoms with Crippen LogP contribution in [0.1, 0.15) is 24.6 Å². The number of rotatable bonds is 3. The predicted octanol–water partition coefficient (Wildman–Crippen LogP) is 1.93. The number of aryl methyl sites for hydroxylation is 2. The maximum absolute atomic E-state index is 4.32. The molecular weight excluding hydrogens is 214 g/mol. The third-order valence-electron chi connectivity index (χ3n) is 3.09. The van der Waals surface area contributed by atoms with Crippen molar-refractivity contribution in [2.45, 2.75) is 32.7 Å². The molecule has 0 aliphatic heterocycles. The van der Waals surface area contributed by atoms with Crippen LogP contribution in [0.5, 0.6) is 0 Å². The second-order valence-electron chi connectivity index (χ2n) is 4.21. The largest absolute Gasteiger partial charge is 0.337 e. The first-order valence-electron chi connectivity index (χ1n) is 5.99. The van der Waals surface area contributed by atoms with Crippen molar-refractivity contribution in [3.8, 4) is 0 Å². The molecule has 0 bridgehead atoms. The van der Waals surface area contributed by atoms with Crippen LogP contribution in [-0.2, 0) is 19.4 Å². The third-order valence-corrected chi connectivity index (χ3v) is 3.09. The Hall–Kier alpha value is -1.91. The van der Waals surface area contributed by atoms with Crippen LogP contribution in [0.25, 0.3) is 0 Å². The minimum atomic E-state index is 0.879. The first kappa shape index (κ1) is 10.3. The lowest BCUT2D eigenvalue weighted by molar-refractivity contribution is 0.660. The molecule has 0 saturated heterocycles. The molecule has 88 valence electrons. The van der Waals surface area contributed by atoms with Gasteiger partial charge in [0.1, 0.15) is 12.1 Å². The first-order chi connectivity index (χ1) is 8.36. The van der Waals surface area contributed by atoms with Gasteiger partial charge in [-0.2, -0.15) is 5.10 Å². The monoisotopic (exact) mass is 229 g/mol. The Morgan fingerprint density at radius 1 is 1.35 bits per heavy atom. The van der Waals surface area contributed by atoms with Gasteiger partial charge in [-0.25, -0.2) is 9.97 Å². The summed E-state index contributed by atoms with van der Waals surface area (Å²) in [7, 11) is 0. The lowest BCUT2D eigenvalue weighted by atomic mass is 10.2. The molecule has 5 heteroatoms. The van der Waals surface area contributed by atoms with Gasteiger partial charge < -0.3 is 5.32 Å². The summed E-state index contributed by atoms with van der Waals surface area (Å²) in [5.74, 6) is 0.933. The van der Waals surface area contributed by atoms with Crippen LogP contribution in [0.3, 0.4) is 0 Å². The maximum atomic E-state index is 4.32. The van der Waals surface area contributed by atoms with Crippen LogP contribution < -0.4 is 5.32 Å². The average molecular weight is 229 g/mol. The number of hydrogen-bond acceptors (Lipinski definition) is 4. The van der Waals surface area contributed by atoms with E-state index in [0.29, 0.717) is 0 Å². The van der Waals surface area contributed by atoms with Crippen LogP contribution in [0.2, 0.25) is 0 Å². The summed E-state index contributed by atoms with van der Waals surface area (Å²) in [4.78, 5) is 8.63. The highest BCUT2D eigenvalue weighted by Gasteiger charge is 2.17. The van der Waals surface area contributed by atoms with E-state index in [4.69, 9.17) is 0 Å². The van der Waals surface area contributed by atoms with E-state index in [2.05, 4.69) is 27.3 Å². The zero-order valence-electron chi connectivity index (χ0n) is 9.85. The lowest BCUT2D eigenvalue weighted by Crippen LogP contribution is -2.00. The quantitative estimate of drug-likeness (QED) is 0.873. The Bertz CT molecular complexity index is 531. The molecular formula is C12H15N5. The number of fused-ring (bicyclic) bond motifs is 1. The number of anilines is 2. The molecule has 0 unspecified atom stereocenters. The van der Waals surface area contributed by atoms with Gasteiger partial charge in [-0.05, 0) is 26.2 Å². The first-order valence-corrected chi connectivity index (χ1v) is 5.99. The zero-order chi connectivity index (χ0) is 11.7. The molecule has 3 rings (SSSR count). The molecule has 0 aromatic carbocycles. The Morgan fingerprint density at radius 3 is 3.12 bits per heavy atom. The second kappa shape index (κ2) is 4.16. The highest BCUT2D eigenvalue weighted by atomic mass is 15.3. The van der Waals surface area contributed by atoms with E-state index in [-0.39, 0.29) is 0 Å². The Morgan fingerprint density at radius 2 is 2.29 bits per heavy atom. The van der Waals surface area contributed by atoms with E-state index < -0.39 is 0 Å².